The monoisotopic (exact) mass is 324 g/mol. The molecule has 0 fully saturated rings. The molecule has 7 heteroatoms. The van der Waals surface area contributed by atoms with Gasteiger partial charge in [0.25, 0.3) is 5.89 Å². The van der Waals surface area contributed by atoms with Gasteiger partial charge in [0.15, 0.2) is 17.3 Å². The van der Waals surface area contributed by atoms with E-state index in [1.165, 1.54) is 0 Å². The molecule has 3 rings (SSSR count). The van der Waals surface area contributed by atoms with Gasteiger partial charge >= 0.3 is 0 Å². The second kappa shape index (κ2) is 7.36. The van der Waals surface area contributed by atoms with Crippen molar-refractivity contribution in [2.45, 2.75) is 13.3 Å². The number of carbonyl (C=O) groups is 1. The first kappa shape index (κ1) is 15.7. The predicted octanol–water partition coefficient (Wildman–Crippen LogP) is 2.71. The summed E-state index contributed by atoms with van der Waals surface area (Å²) in [5.74, 6) is 0.844. The van der Waals surface area contributed by atoms with E-state index in [9.17, 15) is 4.79 Å². The van der Waals surface area contributed by atoms with Crippen molar-refractivity contribution < 1.29 is 14.1 Å². The molecule has 122 valence electrons. The number of para-hydroxylation sites is 1. The quantitative estimate of drug-likeness (QED) is 0.750. The Labute approximate surface area is 138 Å². The van der Waals surface area contributed by atoms with Crippen molar-refractivity contribution in [1.82, 2.24) is 15.1 Å². The van der Waals surface area contributed by atoms with Crippen LogP contribution < -0.4 is 10.1 Å². The molecule has 0 spiro atoms. The van der Waals surface area contributed by atoms with E-state index in [0.29, 0.717) is 18.1 Å². The maximum absolute atomic E-state index is 12.0. The number of pyridine rings is 1. The van der Waals surface area contributed by atoms with Crippen LogP contribution in [0.5, 0.6) is 5.75 Å². The Kier molecular flexibility index (Phi) is 4.81. The zero-order valence-electron chi connectivity index (χ0n) is 13.1. The molecule has 0 bridgehead atoms. The van der Waals surface area contributed by atoms with Crippen molar-refractivity contribution in [2.75, 3.05) is 11.9 Å². The van der Waals surface area contributed by atoms with Crippen molar-refractivity contribution in [3.05, 3.63) is 54.5 Å². The summed E-state index contributed by atoms with van der Waals surface area (Å²) in [5.41, 5.74) is 1.18. The fourth-order valence-electron chi connectivity index (χ4n) is 2.12. The molecule has 0 radical (unpaired) electrons. The minimum absolute atomic E-state index is 0.00912. The summed E-state index contributed by atoms with van der Waals surface area (Å²) in [4.78, 5) is 20.5. The Morgan fingerprint density at radius 1 is 1.21 bits per heavy atom. The Morgan fingerprint density at radius 2 is 2.04 bits per heavy atom. The fraction of sp³-hybridized carbons (Fsp3) is 0.176. The molecule has 1 amide bonds. The van der Waals surface area contributed by atoms with Crippen LogP contribution in [0.2, 0.25) is 0 Å². The lowest BCUT2D eigenvalue weighted by molar-refractivity contribution is -0.115. The molecule has 0 aliphatic carbocycles. The molecular formula is C17H16N4O3. The van der Waals surface area contributed by atoms with Gasteiger partial charge < -0.3 is 14.6 Å². The first-order valence-corrected chi connectivity index (χ1v) is 7.52. The molecule has 7 nitrogen and oxygen atoms in total. The van der Waals surface area contributed by atoms with Gasteiger partial charge in [0.1, 0.15) is 0 Å². The summed E-state index contributed by atoms with van der Waals surface area (Å²) < 4.78 is 10.7. The molecule has 1 aromatic carbocycles. The number of ether oxygens (including phenoxy) is 1. The highest BCUT2D eigenvalue weighted by molar-refractivity contribution is 5.91. The predicted molar refractivity (Wildman–Crippen MR) is 87.5 cm³/mol. The Hall–Kier alpha value is -3.22. The molecule has 3 aromatic rings. The third kappa shape index (κ3) is 3.75. The highest BCUT2D eigenvalue weighted by Gasteiger charge is 2.17. The first-order chi connectivity index (χ1) is 11.8. The summed E-state index contributed by atoms with van der Waals surface area (Å²) >= 11 is 0. The first-order valence-electron chi connectivity index (χ1n) is 7.52. The molecule has 0 aliphatic heterocycles. The van der Waals surface area contributed by atoms with Gasteiger partial charge in [-0.1, -0.05) is 23.4 Å². The van der Waals surface area contributed by atoms with Crippen LogP contribution in [-0.2, 0) is 11.2 Å². The third-order valence-electron chi connectivity index (χ3n) is 3.12. The van der Waals surface area contributed by atoms with Crippen LogP contribution >= 0.6 is 0 Å². The van der Waals surface area contributed by atoms with Gasteiger partial charge in [0, 0.05) is 11.9 Å². The number of anilines is 1. The number of nitrogens with zero attached hydrogens (tertiary/aromatic N) is 3. The molecule has 0 aliphatic rings. The van der Waals surface area contributed by atoms with E-state index >= 15 is 0 Å². The molecule has 0 atom stereocenters. The van der Waals surface area contributed by atoms with Gasteiger partial charge in [-0.15, -0.1) is 0 Å². The number of hydrogen-bond acceptors (Lipinski definition) is 6. The molecular weight excluding hydrogens is 308 g/mol. The van der Waals surface area contributed by atoms with E-state index in [2.05, 4.69) is 20.4 Å². The number of nitrogens with one attached hydrogen (secondary N) is 1. The zero-order chi connectivity index (χ0) is 16.8. The standard InChI is InChI=1S/C17H16N4O3/c1-2-23-13-9-6-10-18-16(13)17-20-14(21-24-17)11-15(22)19-12-7-4-3-5-8-12/h3-10H,2,11H2,1H3,(H,19,22). The molecule has 0 unspecified atom stereocenters. The van der Waals surface area contributed by atoms with E-state index in [-0.39, 0.29) is 24.0 Å². The molecule has 2 aromatic heterocycles. The smallest absolute Gasteiger partial charge is 0.280 e. The van der Waals surface area contributed by atoms with E-state index in [1.807, 2.05) is 37.3 Å². The van der Waals surface area contributed by atoms with Crippen LogP contribution in [0.15, 0.2) is 53.2 Å². The number of aromatic nitrogens is 3. The van der Waals surface area contributed by atoms with Gasteiger partial charge in [-0.05, 0) is 31.2 Å². The molecule has 24 heavy (non-hydrogen) atoms. The third-order valence-corrected chi connectivity index (χ3v) is 3.12. The minimum Gasteiger partial charge on any atom is -0.491 e. The SMILES string of the molecule is CCOc1cccnc1-c1nc(CC(=O)Nc2ccccc2)no1. The Bertz CT molecular complexity index is 817. The summed E-state index contributed by atoms with van der Waals surface area (Å²) in [5, 5.41) is 6.60. The van der Waals surface area contributed by atoms with E-state index in [1.54, 1.807) is 18.3 Å². The van der Waals surface area contributed by atoms with E-state index < -0.39 is 0 Å². The highest BCUT2D eigenvalue weighted by atomic mass is 16.5. The topological polar surface area (TPSA) is 90.1 Å². The molecule has 0 saturated carbocycles. The minimum atomic E-state index is -0.223. The van der Waals surface area contributed by atoms with Crippen LogP contribution in [0.3, 0.4) is 0 Å². The van der Waals surface area contributed by atoms with Crippen LogP contribution in [-0.4, -0.2) is 27.6 Å². The highest BCUT2D eigenvalue weighted by Crippen LogP contribution is 2.25. The second-order valence-electron chi connectivity index (χ2n) is 4.89. The van der Waals surface area contributed by atoms with Gasteiger partial charge in [-0.3, -0.25) is 4.79 Å². The normalized spacial score (nSPS) is 10.4. The van der Waals surface area contributed by atoms with E-state index in [0.717, 1.165) is 5.69 Å². The van der Waals surface area contributed by atoms with Crippen LogP contribution in [0.4, 0.5) is 5.69 Å². The lowest BCUT2D eigenvalue weighted by Crippen LogP contribution is -2.15. The van der Waals surface area contributed by atoms with Gasteiger partial charge in [0.2, 0.25) is 5.91 Å². The summed E-state index contributed by atoms with van der Waals surface area (Å²) in [7, 11) is 0. The number of hydrogen-bond donors (Lipinski definition) is 1. The summed E-state index contributed by atoms with van der Waals surface area (Å²) in [6.07, 6.45) is 1.62. The van der Waals surface area contributed by atoms with Gasteiger partial charge in [0.05, 0.1) is 13.0 Å². The zero-order valence-corrected chi connectivity index (χ0v) is 13.1. The van der Waals surface area contributed by atoms with Crippen molar-refractivity contribution in [3.63, 3.8) is 0 Å². The molecule has 2 heterocycles. The number of benzene rings is 1. The number of carbonyl (C=O) groups excluding carboxylic acids is 1. The van der Waals surface area contributed by atoms with Crippen LogP contribution in [0, 0.1) is 0 Å². The summed E-state index contributed by atoms with van der Waals surface area (Å²) in [6.45, 7) is 2.38. The van der Waals surface area contributed by atoms with Crippen molar-refractivity contribution in [1.29, 1.82) is 0 Å². The van der Waals surface area contributed by atoms with Gasteiger partial charge in [-0.2, -0.15) is 4.98 Å². The lowest BCUT2D eigenvalue weighted by Gasteiger charge is -2.04. The van der Waals surface area contributed by atoms with E-state index in [4.69, 9.17) is 9.26 Å². The van der Waals surface area contributed by atoms with Crippen LogP contribution in [0.25, 0.3) is 11.6 Å². The Morgan fingerprint density at radius 3 is 2.83 bits per heavy atom. The summed E-state index contributed by atoms with van der Waals surface area (Å²) in [6, 6.07) is 12.7. The lowest BCUT2D eigenvalue weighted by atomic mass is 10.3. The van der Waals surface area contributed by atoms with Crippen molar-refractivity contribution in [3.8, 4) is 17.3 Å². The Balaban J connectivity index is 1.71. The maximum atomic E-state index is 12.0. The van der Waals surface area contributed by atoms with Gasteiger partial charge in [-0.25, -0.2) is 4.98 Å². The second-order valence-corrected chi connectivity index (χ2v) is 4.89. The van der Waals surface area contributed by atoms with Crippen LogP contribution in [0.1, 0.15) is 12.7 Å². The number of amides is 1. The average molecular weight is 324 g/mol. The average Bonchev–Trinajstić information content (AvgIpc) is 3.04. The fourth-order valence-corrected chi connectivity index (χ4v) is 2.12. The van der Waals surface area contributed by atoms with Crippen molar-refractivity contribution >= 4 is 11.6 Å². The van der Waals surface area contributed by atoms with Crippen molar-refractivity contribution in [2.24, 2.45) is 0 Å². The maximum Gasteiger partial charge on any atom is 0.280 e. The molecule has 0 saturated heterocycles. The number of rotatable bonds is 6. The molecule has 1 N–H and O–H groups in total. The largest absolute Gasteiger partial charge is 0.491 e.